The van der Waals surface area contributed by atoms with E-state index in [1.54, 1.807) is 50.2 Å². The standard InChI is InChI=1S/C40H37Cl2F3N4O5/c1-19-14-21(15-20(2)33(19)50)32-26-12-13-27-31(37(53)48(35(27)51)25-6-4-3-5-7-25)28(26)17-29-36(52)49(38(54)39(29,32)22-8-10-24(41)11-9-22)47-34-30(42)16-23(18-46-34)40(43,44)45/h8-12,14-16,18,25,27-29,31-32,50H,3-7,13,17H2,1-2H3,(H,46,47)/t27-,28+,29-,31-,32-,39+/m0/s1. The van der Waals surface area contributed by atoms with E-state index in [2.05, 4.69) is 10.4 Å². The van der Waals surface area contributed by atoms with E-state index < -0.39 is 63.6 Å². The fourth-order valence-corrected chi connectivity index (χ4v) is 10.4. The Balaban J connectivity index is 1.31. The van der Waals surface area contributed by atoms with Crippen molar-refractivity contribution in [3.05, 3.63) is 98.2 Å². The van der Waals surface area contributed by atoms with Gasteiger partial charge < -0.3 is 5.11 Å². The number of hydrazine groups is 1. The Morgan fingerprint density at radius 3 is 2.20 bits per heavy atom. The lowest BCUT2D eigenvalue weighted by Gasteiger charge is -2.50. The minimum atomic E-state index is -4.73. The number of alkyl halides is 3. The third kappa shape index (κ3) is 5.45. The highest BCUT2D eigenvalue weighted by Crippen LogP contribution is 2.64. The number of benzene rings is 2. The summed E-state index contributed by atoms with van der Waals surface area (Å²) in [4.78, 5) is 64.1. The lowest BCUT2D eigenvalue weighted by Crippen LogP contribution is -2.53. The number of nitrogens with one attached hydrogen (secondary N) is 1. The number of hydrogen-bond acceptors (Lipinski definition) is 7. The van der Waals surface area contributed by atoms with E-state index in [9.17, 15) is 32.7 Å². The molecule has 4 fully saturated rings. The second-order valence-corrected chi connectivity index (χ2v) is 16.1. The fourth-order valence-electron chi connectivity index (χ4n) is 10.0. The maximum atomic E-state index is 15.3. The van der Waals surface area contributed by atoms with Crippen LogP contribution in [-0.2, 0) is 30.8 Å². The number of carbonyl (C=O) groups is 4. The van der Waals surface area contributed by atoms with E-state index in [0.29, 0.717) is 39.5 Å². The summed E-state index contributed by atoms with van der Waals surface area (Å²) in [7, 11) is 0. The number of amides is 4. The molecule has 1 aromatic heterocycles. The number of aromatic nitrogens is 1. The van der Waals surface area contributed by atoms with Crippen LogP contribution in [0.15, 0.2) is 60.3 Å². The Labute approximate surface area is 319 Å². The van der Waals surface area contributed by atoms with E-state index in [0.717, 1.165) is 42.7 Å². The largest absolute Gasteiger partial charge is 0.507 e. The van der Waals surface area contributed by atoms with E-state index >= 15 is 4.79 Å². The summed E-state index contributed by atoms with van der Waals surface area (Å²) in [5, 5.41) is 11.6. The monoisotopic (exact) mass is 780 g/mol. The third-order valence-corrected chi connectivity index (χ3v) is 12.9. The number of nitrogens with zero attached hydrogens (tertiary/aromatic N) is 3. The summed E-state index contributed by atoms with van der Waals surface area (Å²) < 4.78 is 40.5. The molecule has 2 aromatic carbocycles. The molecule has 0 radical (unpaired) electrons. The Morgan fingerprint density at radius 1 is 0.907 bits per heavy atom. The van der Waals surface area contributed by atoms with Gasteiger partial charge in [-0.05, 0) is 85.9 Å². The first-order valence-electron chi connectivity index (χ1n) is 18.1. The normalized spacial score (nSPS) is 28.6. The third-order valence-electron chi connectivity index (χ3n) is 12.4. The summed E-state index contributed by atoms with van der Waals surface area (Å²) >= 11 is 12.6. The molecule has 0 bridgehead atoms. The number of anilines is 1. The van der Waals surface area contributed by atoms with Gasteiger partial charge in [-0.15, -0.1) is 0 Å². The quantitative estimate of drug-likeness (QED) is 0.199. The predicted molar refractivity (Wildman–Crippen MR) is 193 cm³/mol. The molecule has 8 rings (SSSR count). The maximum Gasteiger partial charge on any atom is 0.417 e. The van der Waals surface area contributed by atoms with E-state index in [1.807, 2.05) is 6.08 Å². The molecule has 0 spiro atoms. The second-order valence-electron chi connectivity index (χ2n) is 15.3. The van der Waals surface area contributed by atoms with Gasteiger partial charge >= 0.3 is 6.18 Å². The topological polar surface area (TPSA) is 120 Å². The van der Waals surface area contributed by atoms with E-state index in [1.165, 1.54) is 4.90 Å². The van der Waals surface area contributed by atoms with Crippen molar-refractivity contribution in [2.75, 3.05) is 5.43 Å². The molecule has 2 aliphatic heterocycles. The molecule has 2 saturated heterocycles. The Kier molecular flexibility index (Phi) is 8.88. The van der Waals surface area contributed by atoms with Gasteiger partial charge in [0.15, 0.2) is 5.82 Å². The Bertz CT molecular complexity index is 2110. The molecule has 3 heterocycles. The fraction of sp³-hybridized carbons (Fsp3) is 0.425. The van der Waals surface area contributed by atoms with E-state index in [4.69, 9.17) is 23.2 Å². The molecule has 54 heavy (non-hydrogen) atoms. The van der Waals surface area contributed by atoms with Crippen molar-refractivity contribution in [2.24, 2.45) is 23.7 Å². The van der Waals surface area contributed by atoms with Crippen LogP contribution >= 0.6 is 23.2 Å². The summed E-state index contributed by atoms with van der Waals surface area (Å²) in [6.45, 7) is 3.47. The van der Waals surface area contributed by atoms with Crippen LogP contribution in [-0.4, -0.2) is 49.7 Å². The summed E-state index contributed by atoms with van der Waals surface area (Å²) in [6, 6.07) is 10.6. The molecule has 0 unspecified atom stereocenters. The highest BCUT2D eigenvalue weighted by Gasteiger charge is 2.70. The van der Waals surface area contributed by atoms with Crippen LogP contribution in [0.1, 0.15) is 78.7 Å². The minimum Gasteiger partial charge on any atom is -0.507 e. The van der Waals surface area contributed by atoms with Crippen LogP contribution in [0, 0.1) is 37.5 Å². The smallest absolute Gasteiger partial charge is 0.417 e. The number of halogens is 5. The zero-order valence-electron chi connectivity index (χ0n) is 29.4. The van der Waals surface area contributed by atoms with Gasteiger partial charge in [-0.3, -0.25) is 29.5 Å². The number of allylic oxidation sites excluding steroid dienone is 2. The second kappa shape index (κ2) is 13.1. The predicted octanol–water partition coefficient (Wildman–Crippen LogP) is 8.05. The zero-order chi connectivity index (χ0) is 38.4. The lowest BCUT2D eigenvalue weighted by molar-refractivity contribution is -0.144. The van der Waals surface area contributed by atoms with Crippen molar-refractivity contribution in [3.63, 3.8) is 0 Å². The van der Waals surface area contributed by atoms with Crippen LogP contribution in [0.2, 0.25) is 10.0 Å². The highest BCUT2D eigenvalue weighted by atomic mass is 35.5. The average Bonchev–Trinajstić information content (AvgIpc) is 3.52. The molecule has 2 saturated carbocycles. The number of aryl methyl sites for hydroxylation is 2. The number of pyridine rings is 1. The first-order valence-corrected chi connectivity index (χ1v) is 18.9. The Morgan fingerprint density at radius 2 is 1.57 bits per heavy atom. The molecule has 14 heteroatoms. The van der Waals surface area contributed by atoms with Crippen LogP contribution in [0.25, 0.3) is 0 Å². The minimum absolute atomic E-state index is 0.0383. The maximum absolute atomic E-state index is 15.3. The first-order chi connectivity index (χ1) is 25.6. The van der Waals surface area contributed by atoms with Gasteiger partial charge in [0.2, 0.25) is 11.8 Å². The molecular formula is C40H37Cl2F3N4O5. The molecule has 6 atom stereocenters. The molecule has 282 valence electrons. The molecule has 5 aliphatic rings. The molecular weight excluding hydrogens is 744 g/mol. The van der Waals surface area contributed by atoms with Crippen molar-refractivity contribution in [1.29, 1.82) is 0 Å². The van der Waals surface area contributed by atoms with Gasteiger partial charge in [-0.25, -0.2) is 4.98 Å². The number of fused-ring (bicyclic) bond motifs is 4. The van der Waals surface area contributed by atoms with Crippen molar-refractivity contribution < 1.29 is 37.5 Å². The number of imide groups is 2. The molecule has 4 amide bonds. The van der Waals surface area contributed by atoms with Crippen molar-refractivity contribution >= 4 is 52.6 Å². The van der Waals surface area contributed by atoms with Crippen LogP contribution in [0.4, 0.5) is 19.0 Å². The van der Waals surface area contributed by atoms with Crippen LogP contribution in [0.3, 0.4) is 0 Å². The molecule has 9 nitrogen and oxygen atoms in total. The Hall–Kier alpha value is -4.42. The number of phenols is 1. The van der Waals surface area contributed by atoms with Crippen molar-refractivity contribution in [3.8, 4) is 5.75 Å². The van der Waals surface area contributed by atoms with Crippen molar-refractivity contribution in [2.45, 2.75) is 82.3 Å². The molecule has 3 aliphatic carbocycles. The highest BCUT2D eigenvalue weighted by molar-refractivity contribution is 6.33. The number of rotatable bonds is 5. The van der Waals surface area contributed by atoms with Gasteiger partial charge in [0.05, 0.1) is 33.8 Å². The molecule has 2 N–H and O–H groups in total. The number of carbonyl (C=O) groups excluding carboxylic acids is 4. The lowest BCUT2D eigenvalue weighted by atomic mass is 9.49. The van der Waals surface area contributed by atoms with Gasteiger partial charge in [0.1, 0.15) is 5.75 Å². The summed E-state index contributed by atoms with van der Waals surface area (Å²) in [5.74, 6) is -6.05. The van der Waals surface area contributed by atoms with Crippen LogP contribution < -0.4 is 5.43 Å². The van der Waals surface area contributed by atoms with E-state index in [-0.39, 0.29) is 42.3 Å². The number of phenolic OH excluding ortho intramolecular Hbond substituents is 1. The van der Waals surface area contributed by atoms with Crippen LogP contribution in [0.5, 0.6) is 5.75 Å². The van der Waals surface area contributed by atoms with Gasteiger partial charge in [0.25, 0.3) is 11.8 Å². The van der Waals surface area contributed by atoms with Gasteiger partial charge in [-0.1, -0.05) is 78.4 Å². The molecule has 3 aromatic rings. The number of aromatic hydroxyl groups is 1. The first kappa shape index (κ1) is 36.6. The van der Waals surface area contributed by atoms with Gasteiger partial charge in [-0.2, -0.15) is 18.2 Å². The number of hydrogen-bond donors (Lipinski definition) is 2. The number of likely N-dealkylation sites (tertiary alicyclic amines) is 1. The SMILES string of the molecule is Cc1cc([C@H]2C3=CC[C@@H]4C(=O)N(C5CCCCC5)C(=O)[C@@H]4[C@@H]3C[C@H]3C(=O)N(Nc4ncc(C(F)(F)F)cc4Cl)C(=O)[C@@]23c2ccc(Cl)cc2)cc(C)c1O. The average molecular weight is 782 g/mol. The van der Waals surface area contributed by atoms with Crippen molar-refractivity contribution in [1.82, 2.24) is 14.9 Å². The zero-order valence-corrected chi connectivity index (χ0v) is 30.9. The van der Waals surface area contributed by atoms with Gasteiger partial charge in [0, 0.05) is 23.2 Å². The summed E-state index contributed by atoms with van der Waals surface area (Å²) in [5.41, 5.74) is 2.78. The summed E-state index contributed by atoms with van der Waals surface area (Å²) in [6.07, 6.45) is 2.48.